The fourth-order valence-electron chi connectivity index (χ4n) is 0.872. The maximum Gasteiger partial charge on any atom is 0.303 e. The smallest absolute Gasteiger partial charge is 0.303 e. The van der Waals surface area contributed by atoms with Crippen LogP contribution in [0.3, 0.4) is 0 Å². The van der Waals surface area contributed by atoms with E-state index in [4.69, 9.17) is 14.6 Å². The number of aliphatic hydroxyl groups excluding tert-OH is 1. The number of carboxylic acid groups (broad SMARTS) is 1. The van der Waals surface area contributed by atoms with Crippen molar-refractivity contribution in [2.45, 2.75) is 19.4 Å². The van der Waals surface area contributed by atoms with Crippen LogP contribution in [0.4, 0.5) is 0 Å². The molecule has 66 valence electrons. The first-order valence-electron chi connectivity index (χ1n) is 3.62. The number of aliphatic hydroxyl groups is 1. The van der Waals surface area contributed by atoms with E-state index in [1.807, 2.05) is 0 Å². The maximum atomic E-state index is 10.2. The zero-order chi connectivity index (χ0) is 8.97. The second kappa shape index (κ2) is 3.92. The van der Waals surface area contributed by atoms with E-state index in [2.05, 4.69) is 0 Å². The summed E-state index contributed by atoms with van der Waals surface area (Å²) in [6, 6.07) is 3.31. The summed E-state index contributed by atoms with van der Waals surface area (Å²) in [7, 11) is 0. The molecule has 0 fully saturated rings. The highest BCUT2D eigenvalue weighted by Crippen LogP contribution is 2.09. The zero-order valence-corrected chi connectivity index (χ0v) is 6.49. The second-order valence-electron chi connectivity index (χ2n) is 2.42. The normalized spacial score (nSPS) is 10.1. The van der Waals surface area contributed by atoms with Gasteiger partial charge in [0.1, 0.15) is 18.1 Å². The van der Waals surface area contributed by atoms with Gasteiger partial charge < -0.3 is 14.6 Å². The first-order valence-corrected chi connectivity index (χ1v) is 3.62. The van der Waals surface area contributed by atoms with Gasteiger partial charge in [-0.25, -0.2) is 0 Å². The Bertz CT molecular complexity index is 264. The molecule has 0 saturated heterocycles. The van der Waals surface area contributed by atoms with Gasteiger partial charge >= 0.3 is 5.97 Å². The van der Waals surface area contributed by atoms with Crippen molar-refractivity contribution in [3.05, 3.63) is 23.7 Å². The third-order valence-electron chi connectivity index (χ3n) is 1.46. The summed E-state index contributed by atoms with van der Waals surface area (Å²) in [5, 5.41) is 17.0. The van der Waals surface area contributed by atoms with Crippen molar-refractivity contribution in [2.75, 3.05) is 0 Å². The van der Waals surface area contributed by atoms with E-state index in [9.17, 15) is 4.79 Å². The van der Waals surface area contributed by atoms with Crippen molar-refractivity contribution in [1.29, 1.82) is 0 Å². The minimum absolute atomic E-state index is 0.0540. The quantitative estimate of drug-likeness (QED) is 0.700. The summed E-state index contributed by atoms with van der Waals surface area (Å²) in [4.78, 5) is 10.2. The van der Waals surface area contributed by atoms with Gasteiger partial charge in [0.15, 0.2) is 0 Å². The molecule has 0 saturated carbocycles. The lowest BCUT2D eigenvalue weighted by Crippen LogP contribution is -1.96. The Balaban J connectivity index is 2.47. The molecular weight excluding hydrogens is 160 g/mol. The van der Waals surface area contributed by atoms with Crippen molar-refractivity contribution in [2.24, 2.45) is 0 Å². The predicted octanol–water partition coefficient (Wildman–Crippen LogP) is 0.789. The maximum absolute atomic E-state index is 10.2. The number of aryl methyl sites for hydroxylation is 1. The molecule has 0 aliphatic heterocycles. The van der Waals surface area contributed by atoms with Crippen LogP contribution in [0, 0.1) is 0 Å². The number of hydrogen-bond acceptors (Lipinski definition) is 3. The van der Waals surface area contributed by atoms with Crippen LogP contribution in [-0.2, 0) is 17.8 Å². The Labute approximate surface area is 69.4 Å². The SMILES string of the molecule is O=C(O)CCc1ccc(CO)o1. The highest BCUT2D eigenvalue weighted by atomic mass is 16.4. The molecule has 4 nitrogen and oxygen atoms in total. The van der Waals surface area contributed by atoms with E-state index in [1.54, 1.807) is 12.1 Å². The number of carbonyl (C=O) groups is 1. The fourth-order valence-corrected chi connectivity index (χ4v) is 0.872. The highest BCUT2D eigenvalue weighted by molar-refractivity contribution is 5.66. The lowest BCUT2D eigenvalue weighted by atomic mass is 10.2. The minimum Gasteiger partial charge on any atom is -0.481 e. The van der Waals surface area contributed by atoms with Gasteiger partial charge in [0.25, 0.3) is 0 Å². The first-order chi connectivity index (χ1) is 5.72. The van der Waals surface area contributed by atoms with Crippen LogP contribution < -0.4 is 0 Å². The van der Waals surface area contributed by atoms with Crippen molar-refractivity contribution in [1.82, 2.24) is 0 Å². The van der Waals surface area contributed by atoms with Crippen LogP contribution >= 0.6 is 0 Å². The molecule has 0 aliphatic rings. The molecule has 0 atom stereocenters. The van der Waals surface area contributed by atoms with E-state index < -0.39 is 5.97 Å². The molecule has 2 N–H and O–H groups in total. The number of rotatable bonds is 4. The van der Waals surface area contributed by atoms with E-state index in [0.29, 0.717) is 17.9 Å². The molecule has 1 heterocycles. The minimum atomic E-state index is -0.850. The first kappa shape index (κ1) is 8.80. The number of aliphatic carboxylic acids is 1. The highest BCUT2D eigenvalue weighted by Gasteiger charge is 2.03. The van der Waals surface area contributed by atoms with Gasteiger partial charge in [-0.05, 0) is 12.1 Å². The molecule has 1 aromatic heterocycles. The third kappa shape index (κ3) is 2.39. The molecule has 0 aliphatic carbocycles. The van der Waals surface area contributed by atoms with Crippen LogP contribution in [0.15, 0.2) is 16.5 Å². The molecule has 0 radical (unpaired) electrons. The summed E-state index contributed by atoms with van der Waals surface area (Å²) < 4.78 is 5.07. The van der Waals surface area contributed by atoms with Crippen LogP contribution in [-0.4, -0.2) is 16.2 Å². The summed E-state index contributed by atoms with van der Waals surface area (Å²) in [5.41, 5.74) is 0. The lowest BCUT2D eigenvalue weighted by Gasteiger charge is -1.91. The molecule has 0 spiro atoms. The predicted molar refractivity (Wildman–Crippen MR) is 40.6 cm³/mol. The van der Waals surface area contributed by atoms with Crippen LogP contribution in [0.25, 0.3) is 0 Å². The van der Waals surface area contributed by atoms with E-state index >= 15 is 0 Å². The standard InChI is InChI=1S/C8H10O4/c9-5-7-2-1-6(12-7)3-4-8(10)11/h1-2,9H,3-5H2,(H,10,11). The Hall–Kier alpha value is -1.29. The van der Waals surface area contributed by atoms with E-state index in [0.717, 1.165) is 0 Å². The van der Waals surface area contributed by atoms with Gasteiger partial charge in [0, 0.05) is 6.42 Å². The van der Waals surface area contributed by atoms with Gasteiger partial charge in [-0.2, -0.15) is 0 Å². The molecule has 1 rings (SSSR count). The van der Waals surface area contributed by atoms with Crippen molar-refractivity contribution < 1.29 is 19.4 Å². The van der Waals surface area contributed by atoms with Crippen LogP contribution in [0.1, 0.15) is 17.9 Å². The number of hydrogen-bond donors (Lipinski definition) is 2. The zero-order valence-electron chi connectivity index (χ0n) is 6.49. The Kier molecular flexibility index (Phi) is 2.88. The molecule has 1 aromatic rings. The van der Waals surface area contributed by atoms with Gasteiger partial charge in [0.05, 0.1) is 6.42 Å². The summed E-state index contributed by atoms with van der Waals surface area (Å²) in [5.74, 6) is 0.216. The van der Waals surface area contributed by atoms with Crippen LogP contribution in [0.5, 0.6) is 0 Å². The molecule has 0 unspecified atom stereocenters. The Morgan fingerprint density at radius 2 is 2.08 bits per heavy atom. The fraction of sp³-hybridized carbons (Fsp3) is 0.375. The molecule has 0 aromatic carbocycles. The molecular formula is C8H10O4. The van der Waals surface area contributed by atoms with Gasteiger partial charge in [-0.3, -0.25) is 4.79 Å². The Morgan fingerprint density at radius 1 is 1.42 bits per heavy atom. The van der Waals surface area contributed by atoms with Gasteiger partial charge in [0.2, 0.25) is 0 Å². The third-order valence-corrected chi connectivity index (χ3v) is 1.46. The summed E-state index contributed by atoms with van der Waals surface area (Å²) >= 11 is 0. The monoisotopic (exact) mass is 170 g/mol. The summed E-state index contributed by atoms with van der Waals surface area (Å²) in [6.07, 6.45) is 0.424. The molecule has 0 bridgehead atoms. The average molecular weight is 170 g/mol. The average Bonchev–Trinajstić information content (AvgIpc) is 2.48. The van der Waals surface area contributed by atoms with Gasteiger partial charge in [-0.1, -0.05) is 0 Å². The van der Waals surface area contributed by atoms with E-state index in [1.165, 1.54) is 0 Å². The van der Waals surface area contributed by atoms with Crippen LogP contribution in [0.2, 0.25) is 0 Å². The topological polar surface area (TPSA) is 70.7 Å². The van der Waals surface area contributed by atoms with Gasteiger partial charge in [-0.15, -0.1) is 0 Å². The van der Waals surface area contributed by atoms with E-state index in [-0.39, 0.29) is 13.0 Å². The second-order valence-corrected chi connectivity index (χ2v) is 2.42. The largest absolute Gasteiger partial charge is 0.481 e. The molecule has 4 heteroatoms. The summed E-state index contributed by atoms with van der Waals surface area (Å²) in [6.45, 7) is -0.146. The number of furan rings is 1. The van der Waals surface area contributed by atoms with Crippen molar-refractivity contribution in [3.63, 3.8) is 0 Å². The van der Waals surface area contributed by atoms with Crippen molar-refractivity contribution in [3.8, 4) is 0 Å². The Morgan fingerprint density at radius 3 is 2.58 bits per heavy atom. The van der Waals surface area contributed by atoms with Crippen molar-refractivity contribution >= 4 is 5.97 Å². The number of carboxylic acids is 1. The molecule has 0 amide bonds. The molecule has 12 heavy (non-hydrogen) atoms. The lowest BCUT2D eigenvalue weighted by molar-refractivity contribution is -0.137.